The number of phenolic OH excluding ortho intramolecular Hbond substituents is 1. The van der Waals surface area contributed by atoms with Crippen LogP contribution in [0.3, 0.4) is 0 Å². The molecule has 0 unspecified atom stereocenters. The van der Waals surface area contributed by atoms with Crippen LogP contribution in [-0.4, -0.2) is 5.11 Å². The van der Waals surface area contributed by atoms with Gasteiger partial charge < -0.3 is 13.9 Å². The van der Waals surface area contributed by atoms with Gasteiger partial charge in [-0.3, -0.25) is 0 Å². The average molecular weight is 384 g/mol. The molecule has 0 bridgehead atoms. The predicted molar refractivity (Wildman–Crippen MR) is 104 cm³/mol. The highest BCUT2D eigenvalue weighted by molar-refractivity contribution is 7.80. The van der Waals surface area contributed by atoms with E-state index in [9.17, 15) is 14.7 Å². The third-order valence-electron chi connectivity index (χ3n) is 4.19. The fraction of sp³-hybridized carbons (Fsp3) is 0.0526. The molecule has 0 fully saturated rings. The van der Waals surface area contributed by atoms with Crippen LogP contribution in [0, 0.1) is 0 Å². The topological polar surface area (TPSA) is 80.7 Å². The number of fused-ring (bicyclic) bond motifs is 2. The number of phenols is 1. The van der Waals surface area contributed by atoms with E-state index in [1.54, 1.807) is 24.3 Å². The van der Waals surface area contributed by atoms with Gasteiger partial charge >= 0.3 is 11.3 Å². The second-order valence-electron chi connectivity index (χ2n) is 5.79. The maximum Gasteiger partial charge on any atom is 0.340 e. The number of hydrogen-bond donors (Lipinski definition) is 3. The SMILES string of the molecule is O=c1oc2ccccc2c(S)c1Cc1c(S)c2ccc(O)cc2oc1=O. The Morgan fingerprint density at radius 3 is 2.08 bits per heavy atom. The first kappa shape index (κ1) is 16.8. The number of para-hydroxylation sites is 1. The number of hydrogen-bond acceptors (Lipinski definition) is 7. The standard InChI is InChI=1S/C19H12O5S2/c20-9-5-6-11-15(7-9)24-19(22)13(17(11)26)8-12-16(25)10-3-1-2-4-14(10)23-18(12)21/h1-7,20,25-26H,8H2. The van der Waals surface area contributed by atoms with Crippen LogP contribution in [0.25, 0.3) is 21.9 Å². The fourth-order valence-electron chi connectivity index (χ4n) is 2.87. The van der Waals surface area contributed by atoms with Crippen LogP contribution in [0.2, 0.25) is 0 Å². The molecule has 4 aromatic rings. The minimum atomic E-state index is -0.631. The third kappa shape index (κ3) is 2.69. The largest absolute Gasteiger partial charge is 0.508 e. The summed E-state index contributed by atoms with van der Waals surface area (Å²) in [6, 6.07) is 11.5. The van der Waals surface area contributed by atoms with Gasteiger partial charge in [-0.2, -0.15) is 0 Å². The van der Waals surface area contributed by atoms with Crippen molar-refractivity contribution in [3.05, 3.63) is 74.4 Å². The summed E-state index contributed by atoms with van der Waals surface area (Å²) in [6.07, 6.45) is -0.0238. The number of aromatic hydroxyl groups is 1. The molecule has 0 saturated heterocycles. The Morgan fingerprint density at radius 2 is 1.38 bits per heavy atom. The van der Waals surface area contributed by atoms with Gasteiger partial charge in [0.1, 0.15) is 16.9 Å². The molecular weight excluding hydrogens is 372 g/mol. The molecule has 0 spiro atoms. The Balaban J connectivity index is 1.93. The highest BCUT2D eigenvalue weighted by Crippen LogP contribution is 2.29. The summed E-state index contributed by atoms with van der Waals surface area (Å²) >= 11 is 8.91. The van der Waals surface area contributed by atoms with Crippen molar-refractivity contribution >= 4 is 47.2 Å². The van der Waals surface area contributed by atoms with Crippen LogP contribution >= 0.6 is 25.3 Å². The van der Waals surface area contributed by atoms with Gasteiger partial charge in [-0.15, -0.1) is 25.3 Å². The van der Waals surface area contributed by atoms with Crippen molar-refractivity contribution in [2.75, 3.05) is 0 Å². The van der Waals surface area contributed by atoms with E-state index in [1.165, 1.54) is 12.1 Å². The lowest BCUT2D eigenvalue weighted by Crippen LogP contribution is -2.15. The van der Waals surface area contributed by atoms with Gasteiger partial charge in [-0.25, -0.2) is 9.59 Å². The van der Waals surface area contributed by atoms with Crippen molar-refractivity contribution in [2.45, 2.75) is 16.2 Å². The summed E-state index contributed by atoms with van der Waals surface area (Å²) in [4.78, 5) is 25.6. The van der Waals surface area contributed by atoms with Crippen molar-refractivity contribution in [3.63, 3.8) is 0 Å². The molecule has 2 aromatic heterocycles. The fourth-order valence-corrected chi connectivity index (χ4v) is 3.58. The predicted octanol–water partition coefficient (Wildman–Crippen LogP) is 3.77. The molecule has 0 saturated carbocycles. The first-order valence-electron chi connectivity index (χ1n) is 7.67. The second-order valence-corrected chi connectivity index (χ2v) is 6.68. The van der Waals surface area contributed by atoms with Gasteiger partial charge in [0.25, 0.3) is 0 Å². The Morgan fingerprint density at radius 1 is 0.808 bits per heavy atom. The van der Waals surface area contributed by atoms with Crippen LogP contribution in [0.15, 0.2) is 70.7 Å². The lowest BCUT2D eigenvalue weighted by Gasteiger charge is -2.09. The molecule has 2 heterocycles. The summed E-state index contributed by atoms with van der Waals surface area (Å²) < 4.78 is 10.6. The highest BCUT2D eigenvalue weighted by Gasteiger charge is 2.18. The molecule has 7 heteroatoms. The maximum atomic E-state index is 12.4. The summed E-state index contributed by atoms with van der Waals surface area (Å²) in [7, 11) is 0. The molecule has 0 aliphatic carbocycles. The van der Waals surface area contributed by atoms with E-state index in [1.807, 2.05) is 6.07 Å². The Labute approximate surface area is 157 Å². The molecule has 0 aliphatic rings. The number of rotatable bonds is 2. The van der Waals surface area contributed by atoms with Crippen molar-refractivity contribution < 1.29 is 13.9 Å². The molecule has 26 heavy (non-hydrogen) atoms. The van der Waals surface area contributed by atoms with Gasteiger partial charge in [-0.1, -0.05) is 18.2 Å². The summed E-state index contributed by atoms with van der Waals surface area (Å²) in [6.45, 7) is 0. The molecule has 0 amide bonds. The summed E-state index contributed by atoms with van der Waals surface area (Å²) in [5.41, 5.74) is -0.0593. The van der Waals surface area contributed by atoms with E-state index in [0.717, 1.165) is 0 Å². The molecule has 0 radical (unpaired) electrons. The lowest BCUT2D eigenvalue weighted by atomic mass is 10.0. The van der Waals surface area contributed by atoms with E-state index in [4.69, 9.17) is 8.83 Å². The third-order valence-corrected chi connectivity index (χ3v) is 5.21. The first-order valence-corrected chi connectivity index (χ1v) is 8.56. The van der Waals surface area contributed by atoms with Crippen molar-refractivity contribution in [3.8, 4) is 5.75 Å². The van der Waals surface area contributed by atoms with E-state index in [-0.39, 0.29) is 28.9 Å². The Hall–Kier alpha value is -2.64. The second kappa shape index (κ2) is 6.26. The smallest absolute Gasteiger partial charge is 0.340 e. The van der Waals surface area contributed by atoms with Gasteiger partial charge in [0.2, 0.25) is 0 Å². The van der Waals surface area contributed by atoms with Crippen LogP contribution in [-0.2, 0) is 6.42 Å². The zero-order chi connectivity index (χ0) is 18.4. The van der Waals surface area contributed by atoms with Crippen LogP contribution in [0.1, 0.15) is 11.1 Å². The zero-order valence-corrected chi connectivity index (χ0v) is 15.0. The molecule has 0 aliphatic heterocycles. The summed E-state index contributed by atoms with van der Waals surface area (Å²) in [5, 5.41) is 10.8. The van der Waals surface area contributed by atoms with Gasteiger partial charge in [0.05, 0.1) is 11.1 Å². The maximum absolute atomic E-state index is 12.4. The average Bonchev–Trinajstić information content (AvgIpc) is 2.60. The van der Waals surface area contributed by atoms with Gasteiger partial charge in [0.15, 0.2) is 0 Å². The highest BCUT2D eigenvalue weighted by atomic mass is 32.1. The van der Waals surface area contributed by atoms with Crippen LogP contribution in [0.5, 0.6) is 5.75 Å². The lowest BCUT2D eigenvalue weighted by molar-refractivity contribution is 0.472. The molecule has 4 rings (SSSR count). The minimum absolute atomic E-state index is 0.0195. The molecule has 130 valence electrons. The van der Waals surface area contributed by atoms with Crippen molar-refractivity contribution in [2.24, 2.45) is 0 Å². The first-order chi connectivity index (χ1) is 12.5. The quantitative estimate of drug-likeness (QED) is 0.362. The van der Waals surface area contributed by atoms with E-state index in [0.29, 0.717) is 26.1 Å². The van der Waals surface area contributed by atoms with E-state index < -0.39 is 11.3 Å². The monoisotopic (exact) mass is 384 g/mol. The minimum Gasteiger partial charge on any atom is -0.508 e. The zero-order valence-electron chi connectivity index (χ0n) is 13.2. The van der Waals surface area contributed by atoms with Gasteiger partial charge in [-0.05, 0) is 18.2 Å². The van der Waals surface area contributed by atoms with E-state index in [2.05, 4.69) is 25.3 Å². The summed E-state index contributed by atoms with van der Waals surface area (Å²) in [5.74, 6) is -0.0195. The van der Waals surface area contributed by atoms with Crippen molar-refractivity contribution in [1.29, 1.82) is 0 Å². The van der Waals surface area contributed by atoms with Crippen molar-refractivity contribution in [1.82, 2.24) is 0 Å². The molecule has 2 aromatic carbocycles. The van der Waals surface area contributed by atoms with Gasteiger partial charge in [0, 0.05) is 33.1 Å². The Kier molecular flexibility index (Phi) is 4.05. The van der Waals surface area contributed by atoms with Crippen LogP contribution in [0.4, 0.5) is 0 Å². The van der Waals surface area contributed by atoms with Crippen LogP contribution < -0.4 is 11.3 Å². The Bertz CT molecular complexity index is 1290. The van der Waals surface area contributed by atoms with E-state index >= 15 is 0 Å². The molecular formula is C19H12O5S2. The number of benzene rings is 2. The normalized spacial score (nSPS) is 11.3. The molecule has 5 nitrogen and oxygen atoms in total. The molecule has 0 atom stereocenters. The number of thiol groups is 2. The molecule has 1 N–H and O–H groups in total.